The lowest BCUT2D eigenvalue weighted by Gasteiger charge is -2.25. The van der Waals surface area contributed by atoms with Crippen LogP contribution >= 0.6 is 23.2 Å². The van der Waals surface area contributed by atoms with Gasteiger partial charge in [0, 0.05) is 28.7 Å². The Morgan fingerprint density at radius 1 is 1.10 bits per heavy atom. The minimum absolute atomic E-state index is 0.556. The van der Waals surface area contributed by atoms with Gasteiger partial charge in [0.05, 0.1) is 5.69 Å². The van der Waals surface area contributed by atoms with Crippen LogP contribution in [0, 0.1) is 0 Å². The number of alkyl halides is 1. The lowest BCUT2D eigenvalue weighted by atomic mass is 10.1. The predicted octanol–water partition coefficient (Wildman–Crippen LogP) is 5.00. The third-order valence-corrected chi connectivity index (χ3v) is 3.90. The van der Waals surface area contributed by atoms with Gasteiger partial charge in [-0.3, -0.25) is 0 Å². The molecule has 0 saturated carbocycles. The van der Waals surface area contributed by atoms with Crippen LogP contribution in [-0.2, 0) is 6.61 Å². The van der Waals surface area contributed by atoms with Crippen LogP contribution in [0.15, 0.2) is 42.5 Å². The van der Waals surface area contributed by atoms with Gasteiger partial charge in [-0.1, -0.05) is 29.8 Å². The molecule has 2 aromatic rings. The van der Waals surface area contributed by atoms with Crippen LogP contribution in [0.2, 0.25) is 5.02 Å². The topological polar surface area (TPSA) is 12.5 Å². The molecule has 1 heterocycles. The maximum atomic E-state index is 6.16. The molecule has 0 aromatic heterocycles. The summed E-state index contributed by atoms with van der Waals surface area (Å²) in [6.45, 7) is 1.40. The SMILES string of the molecule is ClCCCN1c2cc(Cl)ccc2COc2ccccc21. The molecule has 0 N–H and O–H groups in total. The molecule has 4 heteroatoms. The summed E-state index contributed by atoms with van der Waals surface area (Å²) in [6.07, 6.45) is 0.905. The van der Waals surface area contributed by atoms with E-state index in [4.69, 9.17) is 27.9 Å². The third kappa shape index (κ3) is 2.58. The lowest BCUT2D eigenvalue weighted by Crippen LogP contribution is -2.19. The van der Waals surface area contributed by atoms with Crippen LogP contribution in [-0.4, -0.2) is 12.4 Å². The van der Waals surface area contributed by atoms with Gasteiger partial charge >= 0.3 is 0 Å². The highest BCUT2D eigenvalue weighted by atomic mass is 35.5. The molecular weight excluding hydrogens is 293 g/mol. The first-order valence-electron chi connectivity index (χ1n) is 6.63. The maximum Gasteiger partial charge on any atom is 0.143 e. The van der Waals surface area contributed by atoms with E-state index in [1.807, 2.05) is 36.4 Å². The number of ether oxygens (including phenoxy) is 1. The van der Waals surface area contributed by atoms with E-state index < -0.39 is 0 Å². The first-order chi connectivity index (χ1) is 9.79. The molecule has 3 rings (SSSR count). The largest absolute Gasteiger partial charge is 0.487 e. The molecule has 0 atom stereocenters. The molecule has 20 heavy (non-hydrogen) atoms. The van der Waals surface area contributed by atoms with Crippen molar-refractivity contribution >= 4 is 34.6 Å². The number of para-hydroxylation sites is 2. The third-order valence-electron chi connectivity index (χ3n) is 3.39. The van der Waals surface area contributed by atoms with Crippen molar-refractivity contribution in [2.45, 2.75) is 13.0 Å². The van der Waals surface area contributed by atoms with Crippen molar-refractivity contribution in [2.24, 2.45) is 0 Å². The summed E-state index contributed by atoms with van der Waals surface area (Å²) in [5.41, 5.74) is 3.31. The Bertz CT molecular complexity index is 615. The number of hydrogen-bond donors (Lipinski definition) is 0. The summed E-state index contributed by atoms with van der Waals surface area (Å²) < 4.78 is 5.91. The summed E-state index contributed by atoms with van der Waals surface area (Å²) in [6, 6.07) is 14.0. The standard InChI is InChI=1S/C16H15Cl2NO/c17-8-3-9-19-14-4-1-2-5-16(14)20-11-12-6-7-13(18)10-15(12)19/h1-2,4-7,10H,3,8-9,11H2. The molecule has 0 amide bonds. The van der Waals surface area contributed by atoms with E-state index in [0.29, 0.717) is 12.5 Å². The van der Waals surface area contributed by atoms with E-state index in [1.165, 1.54) is 0 Å². The number of fused-ring (bicyclic) bond motifs is 2. The Balaban J connectivity index is 2.10. The van der Waals surface area contributed by atoms with E-state index in [2.05, 4.69) is 11.0 Å². The summed E-state index contributed by atoms with van der Waals surface area (Å²) in [4.78, 5) is 2.24. The molecule has 0 saturated heterocycles. The highest BCUT2D eigenvalue weighted by Gasteiger charge is 2.21. The first-order valence-corrected chi connectivity index (χ1v) is 7.54. The molecule has 0 fully saturated rings. The fourth-order valence-electron chi connectivity index (χ4n) is 2.46. The molecule has 0 radical (unpaired) electrons. The Labute approximate surface area is 128 Å². The number of rotatable bonds is 3. The molecule has 1 aliphatic rings. The van der Waals surface area contributed by atoms with Gasteiger partial charge in [0.2, 0.25) is 0 Å². The van der Waals surface area contributed by atoms with Gasteiger partial charge in [-0.25, -0.2) is 0 Å². The van der Waals surface area contributed by atoms with Crippen LogP contribution < -0.4 is 9.64 Å². The van der Waals surface area contributed by atoms with Crippen molar-refractivity contribution in [1.82, 2.24) is 0 Å². The second-order valence-corrected chi connectivity index (χ2v) is 5.54. The van der Waals surface area contributed by atoms with Crippen LogP contribution in [0.5, 0.6) is 5.75 Å². The van der Waals surface area contributed by atoms with E-state index in [1.54, 1.807) is 0 Å². The van der Waals surface area contributed by atoms with Crippen molar-refractivity contribution in [1.29, 1.82) is 0 Å². The number of benzene rings is 2. The van der Waals surface area contributed by atoms with Gasteiger partial charge in [-0.05, 0) is 30.7 Å². The molecule has 1 aliphatic heterocycles. The highest BCUT2D eigenvalue weighted by molar-refractivity contribution is 6.30. The molecular formula is C16H15Cl2NO. The van der Waals surface area contributed by atoms with Crippen molar-refractivity contribution in [3.63, 3.8) is 0 Å². The van der Waals surface area contributed by atoms with Gasteiger partial charge in [0.15, 0.2) is 0 Å². The quantitative estimate of drug-likeness (QED) is 0.740. The van der Waals surface area contributed by atoms with E-state index in [9.17, 15) is 0 Å². The number of halogens is 2. The number of hydrogen-bond acceptors (Lipinski definition) is 2. The Hall–Kier alpha value is -1.38. The Morgan fingerprint density at radius 3 is 2.80 bits per heavy atom. The molecule has 104 valence electrons. The van der Waals surface area contributed by atoms with Crippen molar-refractivity contribution in [3.05, 3.63) is 53.1 Å². The number of anilines is 2. The first kappa shape index (κ1) is 13.6. The van der Waals surface area contributed by atoms with Crippen LogP contribution in [0.1, 0.15) is 12.0 Å². The highest BCUT2D eigenvalue weighted by Crippen LogP contribution is 2.40. The Kier molecular flexibility index (Phi) is 4.04. The molecule has 0 spiro atoms. The average Bonchev–Trinajstić information content (AvgIpc) is 2.62. The second-order valence-electron chi connectivity index (χ2n) is 4.72. The van der Waals surface area contributed by atoms with Gasteiger partial charge in [0.25, 0.3) is 0 Å². The van der Waals surface area contributed by atoms with Crippen molar-refractivity contribution < 1.29 is 4.74 Å². The zero-order valence-corrected chi connectivity index (χ0v) is 12.5. The second kappa shape index (κ2) is 5.94. The maximum absolute atomic E-state index is 6.16. The van der Waals surface area contributed by atoms with Crippen molar-refractivity contribution in [2.75, 3.05) is 17.3 Å². The normalized spacial score (nSPS) is 13.2. The minimum Gasteiger partial charge on any atom is -0.487 e. The summed E-state index contributed by atoms with van der Waals surface area (Å²) >= 11 is 12.0. The van der Waals surface area contributed by atoms with E-state index in [-0.39, 0.29) is 0 Å². The van der Waals surface area contributed by atoms with Gasteiger partial charge in [0.1, 0.15) is 12.4 Å². The zero-order chi connectivity index (χ0) is 13.9. The van der Waals surface area contributed by atoms with Crippen LogP contribution in [0.25, 0.3) is 0 Å². The zero-order valence-electron chi connectivity index (χ0n) is 11.0. The smallest absolute Gasteiger partial charge is 0.143 e. The van der Waals surface area contributed by atoms with Gasteiger partial charge in [-0.15, -0.1) is 11.6 Å². The molecule has 2 aromatic carbocycles. The van der Waals surface area contributed by atoms with E-state index >= 15 is 0 Å². The minimum atomic E-state index is 0.556. The van der Waals surface area contributed by atoms with Gasteiger partial charge in [-0.2, -0.15) is 0 Å². The van der Waals surface area contributed by atoms with E-state index in [0.717, 1.165) is 40.7 Å². The average molecular weight is 308 g/mol. The fraction of sp³-hybridized carbons (Fsp3) is 0.250. The van der Waals surface area contributed by atoms with Crippen LogP contribution in [0.4, 0.5) is 11.4 Å². The molecule has 0 unspecified atom stereocenters. The molecule has 2 nitrogen and oxygen atoms in total. The number of nitrogens with zero attached hydrogens (tertiary/aromatic N) is 1. The van der Waals surface area contributed by atoms with Gasteiger partial charge < -0.3 is 9.64 Å². The summed E-state index contributed by atoms with van der Waals surface area (Å²) in [7, 11) is 0. The monoisotopic (exact) mass is 307 g/mol. The summed E-state index contributed by atoms with van der Waals surface area (Å²) in [5, 5.41) is 0.735. The molecule has 0 bridgehead atoms. The predicted molar refractivity (Wildman–Crippen MR) is 84.6 cm³/mol. The molecule has 0 aliphatic carbocycles. The summed E-state index contributed by atoms with van der Waals surface area (Å²) in [5.74, 6) is 1.53. The lowest BCUT2D eigenvalue weighted by molar-refractivity contribution is 0.310. The van der Waals surface area contributed by atoms with Crippen molar-refractivity contribution in [3.8, 4) is 5.75 Å². The van der Waals surface area contributed by atoms with Crippen LogP contribution in [0.3, 0.4) is 0 Å². The fourth-order valence-corrected chi connectivity index (χ4v) is 2.74. The Morgan fingerprint density at radius 2 is 1.95 bits per heavy atom.